The van der Waals surface area contributed by atoms with Gasteiger partial charge < -0.3 is 9.64 Å². The number of piperidine rings is 1. The molecule has 0 amide bonds. The van der Waals surface area contributed by atoms with E-state index in [-0.39, 0.29) is 5.92 Å². The van der Waals surface area contributed by atoms with Crippen LogP contribution in [0.4, 0.5) is 0 Å². The Morgan fingerprint density at radius 1 is 1.29 bits per heavy atom. The predicted octanol–water partition coefficient (Wildman–Crippen LogP) is 3.32. The molecule has 2 aliphatic heterocycles. The SMILES string of the molecule is CCC(CN1CCCCC1)C(=O)c1ccc2c(c1)CCO2. The van der Waals surface area contributed by atoms with Crippen LogP contribution in [0.1, 0.15) is 48.5 Å². The molecule has 0 N–H and O–H groups in total. The summed E-state index contributed by atoms with van der Waals surface area (Å²) in [6, 6.07) is 5.94. The number of Topliss-reactive ketones (excluding diaryl/α,β-unsaturated/α-hetero) is 1. The number of carbonyl (C=O) groups is 1. The van der Waals surface area contributed by atoms with Crippen LogP contribution >= 0.6 is 0 Å². The summed E-state index contributed by atoms with van der Waals surface area (Å²) >= 11 is 0. The Bertz CT molecular complexity index is 506. The smallest absolute Gasteiger partial charge is 0.167 e. The summed E-state index contributed by atoms with van der Waals surface area (Å²) in [6.45, 7) is 6.10. The van der Waals surface area contributed by atoms with E-state index in [0.29, 0.717) is 5.78 Å². The van der Waals surface area contributed by atoms with Crippen LogP contribution in [0.3, 0.4) is 0 Å². The van der Waals surface area contributed by atoms with E-state index in [1.54, 1.807) is 0 Å². The summed E-state index contributed by atoms with van der Waals surface area (Å²) < 4.78 is 5.52. The molecular weight excluding hydrogens is 262 g/mol. The van der Waals surface area contributed by atoms with Gasteiger partial charge in [0.05, 0.1) is 6.61 Å². The van der Waals surface area contributed by atoms with Crippen molar-refractivity contribution < 1.29 is 9.53 Å². The Labute approximate surface area is 127 Å². The van der Waals surface area contributed by atoms with Gasteiger partial charge in [-0.25, -0.2) is 0 Å². The Kier molecular flexibility index (Phi) is 4.59. The van der Waals surface area contributed by atoms with Crippen LogP contribution in [0, 0.1) is 5.92 Å². The Hall–Kier alpha value is -1.35. The second-order valence-corrected chi connectivity index (χ2v) is 6.25. The monoisotopic (exact) mass is 287 g/mol. The maximum absolute atomic E-state index is 12.8. The molecule has 1 aromatic rings. The Morgan fingerprint density at radius 3 is 2.86 bits per heavy atom. The van der Waals surface area contributed by atoms with Crippen LogP contribution < -0.4 is 4.74 Å². The molecule has 3 heteroatoms. The van der Waals surface area contributed by atoms with Gasteiger partial charge >= 0.3 is 0 Å². The fourth-order valence-electron chi connectivity index (χ4n) is 3.43. The zero-order chi connectivity index (χ0) is 14.7. The summed E-state index contributed by atoms with van der Waals surface area (Å²) in [4.78, 5) is 15.2. The average molecular weight is 287 g/mol. The predicted molar refractivity (Wildman–Crippen MR) is 84.0 cm³/mol. The molecule has 1 fully saturated rings. The first-order valence-electron chi connectivity index (χ1n) is 8.30. The zero-order valence-electron chi connectivity index (χ0n) is 12.9. The van der Waals surface area contributed by atoms with Gasteiger partial charge in [-0.1, -0.05) is 13.3 Å². The first-order chi connectivity index (χ1) is 10.3. The van der Waals surface area contributed by atoms with Crippen molar-refractivity contribution in [2.45, 2.75) is 39.0 Å². The number of ketones is 1. The fourth-order valence-corrected chi connectivity index (χ4v) is 3.43. The van der Waals surface area contributed by atoms with Crippen LogP contribution in [0.15, 0.2) is 18.2 Å². The van der Waals surface area contributed by atoms with Gasteiger partial charge in [-0.05, 0) is 56.1 Å². The van der Waals surface area contributed by atoms with Gasteiger partial charge in [0.1, 0.15) is 5.75 Å². The first-order valence-corrected chi connectivity index (χ1v) is 8.30. The van der Waals surface area contributed by atoms with Gasteiger partial charge in [0, 0.05) is 24.4 Å². The van der Waals surface area contributed by atoms with E-state index in [4.69, 9.17) is 4.74 Å². The molecule has 1 aromatic carbocycles. The number of carbonyl (C=O) groups excluding carboxylic acids is 1. The number of fused-ring (bicyclic) bond motifs is 1. The third kappa shape index (κ3) is 3.29. The van der Waals surface area contributed by atoms with Gasteiger partial charge in [-0.15, -0.1) is 0 Å². The molecule has 114 valence electrons. The Balaban J connectivity index is 1.69. The van der Waals surface area contributed by atoms with Crippen molar-refractivity contribution in [3.8, 4) is 5.75 Å². The molecule has 3 rings (SSSR count). The molecule has 0 spiro atoms. The van der Waals surface area contributed by atoms with Crippen LogP contribution in [-0.4, -0.2) is 36.9 Å². The lowest BCUT2D eigenvalue weighted by molar-refractivity contribution is 0.0863. The molecule has 2 heterocycles. The van der Waals surface area contributed by atoms with Crippen molar-refractivity contribution >= 4 is 5.78 Å². The van der Waals surface area contributed by atoms with Gasteiger partial charge in [0.15, 0.2) is 5.78 Å². The van der Waals surface area contributed by atoms with Crippen molar-refractivity contribution in [2.75, 3.05) is 26.2 Å². The van der Waals surface area contributed by atoms with Gasteiger partial charge in [-0.3, -0.25) is 4.79 Å². The van der Waals surface area contributed by atoms with E-state index >= 15 is 0 Å². The summed E-state index contributed by atoms with van der Waals surface area (Å²) in [5.74, 6) is 1.39. The molecule has 3 nitrogen and oxygen atoms in total. The highest BCUT2D eigenvalue weighted by Crippen LogP contribution is 2.27. The quantitative estimate of drug-likeness (QED) is 0.778. The minimum Gasteiger partial charge on any atom is -0.493 e. The largest absolute Gasteiger partial charge is 0.493 e. The van der Waals surface area contributed by atoms with E-state index in [9.17, 15) is 4.79 Å². The first kappa shape index (κ1) is 14.6. The molecule has 0 saturated carbocycles. The lowest BCUT2D eigenvalue weighted by Crippen LogP contribution is -2.36. The van der Waals surface area contributed by atoms with Crippen molar-refractivity contribution in [1.29, 1.82) is 0 Å². The molecular formula is C18H25NO2. The molecule has 0 radical (unpaired) electrons. The van der Waals surface area contributed by atoms with E-state index in [1.807, 2.05) is 18.2 Å². The number of hydrogen-bond acceptors (Lipinski definition) is 3. The maximum atomic E-state index is 12.8. The van der Waals surface area contributed by atoms with Crippen molar-refractivity contribution in [3.05, 3.63) is 29.3 Å². The summed E-state index contributed by atoms with van der Waals surface area (Å²) in [6.07, 6.45) is 5.75. The fraction of sp³-hybridized carbons (Fsp3) is 0.611. The van der Waals surface area contributed by atoms with E-state index in [2.05, 4.69) is 11.8 Å². The average Bonchev–Trinajstić information content (AvgIpc) is 3.00. The number of rotatable bonds is 5. The lowest BCUT2D eigenvalue weighted by atomic mass is 9.92. The van der Waals surface area contributed by atoms with E-state index < -0.39 is 0 Å². The minimum atomic E-state index is 0.128. The molecule has 2 aliphatic rings. The highest BCUT2D eigenvalue weighted by molar-refractivity contribution is 5.98. The molecule has 0 bridgehead atoms. The standard InChI is InChI=1S/C18H25NO2/c1-2-14(13-19-9-4-3-5-10-19)18(20)16-6-7-17-15(12-16)8-11-21-17/h6-7,12,14H,2-5,8-11,13H2,1H3. The summed E-state index contributed by atoms with van der Waals surface area (Å²) in [7, 11) is 0. The van der Waals surface area contributed by atoms with Crippen molar-refractivity contribution in [2.24, 2.45) is 5.92 Å². The van der Waals surface area contributed by atoms with Crippen LogP contribution in [0.25, 0.3) is 0 Å². The third-order valence-electron chi connectivity index (χ3n) is 4.76. The number of likely N-dealkylation sites (tertiary alicyclic amines) is 1. The third-order valence-corrected chi connectivity index (χ3v) is 4.76. The molecule has 0 aromatic heterocycles. The summed E-state index contributed by atoms with van der Waals surface area (Å²) in [5.41, 5.74) is 2.05. The number of nitrogens with zero attached hydrogens (tertiary/aromatic N) is 1. The summed E-state index contributed by atoms with van der Waals surface area (Å²) in [5, 5.41) is 0. The second-order valence-electron chi connectivity index (χ2n) is 6.25. The van der Waals surface area contributed by atoms with Crippen molar-refractivity contribution in [1.82, 2.24) is 4.90 Å². The second kappa shape index (κ2) is 6.61. The van der Waals surface area contributed by atoms with Crippen molar-refractivity contribution in [3.63, 3.8) is 0 Å². The van der Waals surface area contributed by atoms with E-state index in [1.165, 1.54) is 24.8 Å². The topological polar surface area (TPSA) is 29.5 Å². The zero-order valence-corrected chi connectivity index (χ0v) is 12.9. The molecule has 21 heavy (non-hydrogen) atoms. The van der Waals surface area contributed by atoms with Crippen LogP contribution in [-0.2, 0) is 6.42 Å². The highest BCUT2D eigenvalue weighted by Gasteiger charge is 2.23. The number of benzene rings is 1. The van der Waals surface area contributed by atoms with Gasteiger partial charge in [-0.2, -0.15) is 0 Å². The Morgan fingerprint density at radius 2 is 2.10 bits per heavy atom. The van der Waals surface area contributed by atoms with Crippen LogP contribution in [0.2, 0.25) is 0 Å². The molecule has 0 aliphatic carbocycles. The molecule has 1 saturated heterocycles. The normalized spacial score (nSPS) is 19.9. The van der Waals surface area contributed by atoms with Gasteiger partial charge in [0.25, 0.3) is 0 Å². The highest BCUT2D eigenvalue weighted by atomic mass is 16.5. The van der Waals surface area contributed by atoms with Gasteiger partial charge in [0.2, 0.25) is 0 Å². The van der Waals surface area contributed by atoms with E-state index in [0.717, 1.165) is 50.4 Å². The number of hydrogen-bond donors (Lipinski definition) is 0. The number of ether oxygens (including phenoxy) is 1. The maximum Gasteiger partial charge on any atom is 0.167 e. The molecule has 1 atom stereocenters. The minimum absolute atomic E-state index is 0.128. The lowest BCUT2D eigenvalue weighted by Gasteiger charge is -2.29. The molecule has 1 unspecified atom stereocenters. The van der Waals surface area contributed by atoms with Crippen LogP contribution in [0.5, 0.6) is 5.75 Å².